The minimum Gasteiger partial charge on any atom is -0.396 e. The van der Waals surface area contributed by atoms with Crippen LogP contribution in [0.25, 0.3) is 0 Å². The first-order chi connectivity index (χ1) is 8.80. The zero-order chi connectivity index (χ0) is 14.2. The fraction of sp³-hybridized carbons (Fsp3) is 0.500. The lowest BCUT2D eigenvalue weighted by Crippen LogP contribution is -2.31. The lowest BCUT2D eigenvalue weighted by molar-refractivity contribution is 0.315. The number of anilines is 2. The molecule has 106 valence electrons. The molecule has 6 nitrogen and oxygen atoms in total. The molecule has 1 aliphatic rings. The zero-order valence-electron chi connectivity index (χ0n) is 11.2. The molecule has 7 heteroatoms. The van der Waals surface area contributed by atoms with E-state index in [1.54, 1.807) is 6.07 Å². The van der Waals surface area contributed by atoms with Gasteiger partial charge in [0.2, 0.25) is 10.0 Å². The number of primary sulfonamides is 1. The maximum Gasteiger partial charge on any atom is 0.240 e. The SMILES string of the molecule is CN(C)C1CCN(c2cccc(S(N)(=O)=O)c2N)C1. The Labute approximate surface area is 114 Å². The van der Waals surface area contributed by atoms with Crippen molar-refractivity contribution in [2.45, 2.75) is 17.4 Å². The molecule has 0 bridgehead atoms. The summed E-state index contributed by atoms with van der Waals surface area (Å²) in [5.41, 5.74) is 6.94. The predicted molar refractivity (Wildman–Crippen MR) is 76.5 cm³/mol. The molecule has 0 aliphatic carbocycles. The highest BCUT2D eigenvalue weighted by molar-refractivity contribution is 7.89. The van der Waals surface area contributed by atoms with Crippen LogP contribution < -0.4 is 15.8 Å². The van der Waals surface area contributed by atoms with E-state index in [0.717, 1.165) is 25.2 Å². The number of likely N-dealkylation sites (N-methyl/N-ethyl adjacent to an activating group) is 1. The lowest BCUT2D eigenvalue weighted by Gasteiger charge is -2.23. The molecule has 1 atom stereocenters. The summed E-state index contributed by atoms with van der Waals surface area (Å²) >= 11 is 0. The van der Waals surface area contributed by atoms with Crippen molar-refractivity contribution in [3.8, 4) is 0 Å². The number of nitrogens with zero attached hydrogens (tertiary/aromatic N) is 2. The van der Waals surface area contributed by atoms with E-state index < -0.39 is 10.0 Å². The van der Waals surface area contributed by atoms with Gasteiger partial charge in [0.25, 0.3) is 0 Å². The minimum absolute atomic E-state index is 0.00157. The van der Waals surface area contributed by atoms with Crippen LogP contribution in [0.4, 0.5) is 11.4 Å². The Bertz CT molecular complexity index is 571. The maximum absolute atomic E-state index is 11.5. The van der Waals surface area contributed by atoms with Crippen molar-refractivity contribution >= 4 is 21.4 Å². The minimum atomic E-state index is -3.78. The summed E-state index contributed by atoms with van der Waals surface area (Å²) in [6, 6.07) is 5.40. The molecule has 0 amide bonds. The van der Waals surface area contributed by atoms with Crippen molar-refractivity contribution < 1.29 is 8.42 Å². The molecule has 0 spiro atoms. The van der Waals surface area contributed by atoms with Gasteiger partial charge in [-0.3, -0.25) is 0 Å². The summed E-state index contributed by atoms with van der Waals surface area (Å²) in [6.45, 7) is 1.70. The van der Waals surface area contributed by atoms with Gasteiger partial charge in [-0.1, -0.05) is 6.07 Å². The van der Waals surface area contributed by atoms with Gasteiger partial charge in [-0.05, 0) is 32.6 Å². The Balaban J connectivity index is 2.33. The molecule has 0 radical (unpaired) electrons. The van der Waals surface area contributed by atoms with Crippen molar-refractivity contribution in [1.82, 2.24) is 4.90 Å². The van der Waals surface area contributed by atoms with E-state index in [1.807, 2.05) is 20.2 Å². The highest BCUT2D eigenvalue weighted by atomic mass is 32.2. The van der Waals surface area contributed by atoms with E-state index in [2.05, 4.69) is 9.80 Å². The Morgan fingerprint density at radius 1 is 1.37 bits per heavy atom. The smallest absolute Gasteiger partial charge is 0.240 e. The normalized spacial score (nSPS) is 20.2. The van der Waals surface area contributed by atoms with Crippen LogP contribution in [0, 0.1) is 0 Å². The molecule has 0 aromatic heterocycles. The average Bonchev–Trinajstić information content (AvgIpc) is 2.77. The maximum atomic E-state index is 11.5. The third kappa shape index (κ3) is 2.83. The van der Waals surface area contributed by atoms with Crippen molar-refractivity contribution in [2.24, 2.45) is 5.14 Å². The number of para-hydroxylation sites is 1. The number of hydrogen-bond acceptors (Lipinski definition) is 5. The van der Waals surface area contributed by atoms with Crippen LogP contribution in [0.1, 0.15) is 6.42 Å². The van der Waals surface area contributed by atoms with Crippen LogP contribution >= 0.6 is 0 Å². The Morgan fingerprint density at radius 3 is 2.58 bits per heavy atom. The monoisotopic (exact) mass is 284 g/mol. The zero-order valence-corrected chi connectivity index (χ0v) is 12.0. The quantitative estimate of drug-likeness (QED) is 0.766. The number of sulfonamides is 1. The fourth-order valence-electron chi connectivity index (χ4n) is 2.44. The lowest BCUT2D eigenvalue weighted by atomic mass is 10.2. The van der Waals surface area contributed by atoms with E-state index in [0.29, 0.717) is 6.04 Å². The van der Waals surface area contributed by atoms with Gasteiger partial charge in [-0.2, -0.15) is 0 Å². The molecule has 19 heavy (non-hydrogen) atoms. The third-order valence-electron chi connectivity index (χ3n) is 3.58. The Morgan fingerprint density at radius 2 is 2.05 bits per heavy atom. The molecule has 1 heterocycles. The number of hydrogen-bond donors (Lipinski definition) is 2. The number of nitrogens with two attached hydrogens (primary N) is 2. The summed E-state index contributed by atoms with van der Waals surface area (Å²) in [5, 5.41) is 5.17. The van der Waals surface area contributed by atoms with Crippen LogP contribution in [-0.4, -0.2) is 46.5 Å². The second-order valence-electron chi connectivity index (χ2n) is 5.09. The van der Waals surface area contributed by atoms with Gasteiger partial charge in [0.1, 0.15) is 4.90 Å². The van der Waals surface area contributed by atoms with Gasteiger partial charge in [-0.15, -0.1) is 0 Å². The molecule has 1 aromatic rings. The van der Waals surface area contributed by atoms with E-state index in [4.69, 9.17) is 10.9 Å². The highest BCUT2D eigenvalue weighted by Gasteiger charge is 2.26. The van der Waals surface area contributed by atoms with Crippen molar-refractivity contribution in [3.05, 3.63) is 18.2 Å². The standard InChI is InChI=1S/C12H20N4O2S/c1-15(2)9-6-7-16(8-9)10-4-3-5-11(12(10)13)19(14,17)18/h3-5,9H,6-8,13H2,1-2H3,(H2,14,17,18). The first-order valence-corrected chi connectivity index (χ1v) is 7.68. The van der Waals surface area contributed by atoms with E-state index >= 15 is 0 Å². The van der Waals surface area contributed by atoms with Crippen molar-refractivity contribution in [1.29, 1.82) is 0 Å². The van der Waals surface area contributed by atoms with Gasteiger partial charge in [0.05, 0.1) is 11.4 Å². The molecule has 1 unspecified atom stereocenters. The van der Waals surface area contributed by atoms with Gasteiger partial charge in [-0.25, -0.2) is 13.6 Å². The van der Waals surface area contributed by atoms with Gasteiger partial charge >= 0.3 is 0 Å². The van der Waals surface area contributed by atoms with E-state index in [-0.39, 0.29) is 10.6 Å². The summed E-state index contributed by atoms with van der Waals surface area (Å²) in [5.74, 6) is 0. The van der Waals surface area contributed by atoms with Gasteiger partial charge in [0.15, 0.2) is 0 Å². The summed E-state index contributed by atoms with van der Waals surface area (Å²) in [7, 11) is 0.302. The summed E-state index contributed by atoms with van der Waals surface area (Å²) in [6.07, 6.45) is 1.03. The molecule has 1 aliphatic heterocycles. The van der Waals surface area contributed by atoms with Crippen LogP contribution in [-0.2, 0) is 10.0 Å². The van der Waals surface area contributed by atoms with Crippen LogP contribution in [0.15, 0.2) is 23.1 Å². The van der Waals surface area contributed by atoms with Crippen molar-refractivity contribution in [3.63, 3.8) is 0 Å². The third-order valence-corrected chi connectivity index (χ3v) is 4.55. The van der Waals surface area contributed by atoms with Crippen LogP contribution in [0.3, 0.4) is 0 Å². The van der Waals surface area contributed by atoms with Crippen LogP contribution in [0.2, 0.25) is 0 Å². The second-order valence-corrected chi connectivity index (χ2v) is 6.62. The molecule has 1 aromatic carbocycles. The molecule has 1 fully saturated rings. The summed E-state index contributed by atoms with van der Waals surface area (Å²) < 4.78 is 22.9. The van der Waals surface area contributed by atoms with Crippen LogP contribution in [0.5, 0.6) is 0 Å². The fourth-order valence-corrected chi connectivity index (χ4v) is 3.12. The largest absolute Gasteiger partial charge is 0.396 e. The number of rotatable bonds is 3. The Kier molecular flexibility index (Phi) is 3.71. The highest BCUT2D eigenvalue weighted by Crippen LogP contribution is 2.31. The molecular weight excluding hydrogens is 264 g/mol. The predicted octanol–water partition coefficient (Wildman–Crippen LogP) is 0.0565. The number of nitrogen functional groups attached to an aromatic ring is 1. The average molecular weight is 284 g/mol. The molecular formula is C12H20N4O2S. The summed E-state index contributed by atoms with van der Waals surface area (Å²) in [4.78, 5) is 4.27. The van der Waals surface area contributed by atoms with Gasteiger partial charge in [0, 0.05) is 19.1 Å². The number of benzene rings is 1. The molecule has 2 rings (SSSR count). The first-order valence-electron chi connectivity index (χ1n) is 6.13. The van der Waals surface area contributed by atoms with E-state index in [1.165, 1.54) is 6.07 Å². The molecule has 1 saturated heterocycles. The second kappa shape index (κ2) is 4.99. The first kappa shape index (κ1) is 14.1. The topological polar surface area (TPSA) is 92.7 Å². The Hall–Kier alpha value is -1.31. The van der Waals surface area contributed by atoms with E-state index in [9.17, 15) is 8.42 Å². The molecule has 0 saturated carbocycles. The van der Waals surface area contributed by atoms with Gasteiger partial charge < -0.3 is 15.5 Å². The van der Waals surface area contributed by atoms with Crippen molar-refractivity contribution in [2.75, 3.05) is 37.8 Å². The molecule has 4 N–H and O–H groups in total.